The minimum atomic E-state index is -0.894. The van der Waals surface area contributed by atoms with Crippen LogP contribution in [-0.4, -0.2) is 35.4 Å². The molecule has 0 bridgehead atoms. The van der Waals surface area contributed by atoms with Crippen LogP contribution in [0.1, 0.15) is 20.1 Å². The lowest BCUT2D eigenvalue weighted by Gasteiger charge is -2.08. The van der Waals surface area contributed by atoms with Gasteiger partial charge in [-0.15, -0.1) is 11.3 Å². The van der Waals surface area contributed by atoms with E-state index in [9.17, 15) is 4.79 Å². The average molecular weight is 229 g/mol. The molecule has 0 aliphatic heterocycles. The van der Waals surface area contributed by atoms with Crippen molar-refractivity contribution in [2.24, 2.45) is 0 Å². The van der Waals surface area contributed by atoms with E-state index in [0.717, 1.165) is 9.75 Å². The zero-order valence-electron chi connectivity index (χ0n) is 8.78. The molecule has 4 nitrogen and oxygen atoms in total. The van der Waals surface area contributed by atoms with Crippen molar-refractivity contribution < 1.29 is 15.0 Å². The fraction of sp³-hybridized carbons (Fsp3) is 0.500. The molecule has 5 heteroatoms. The second kappa shape index (κ2) is 5.25. The molecule has 1 unspecified atom stereocenters. The summed E-state index contributed by atoms with van der Waals surface area (Å²) >= 11 is 1.56. The first-order valence-corrected chi connectivity index (χ1v) is 5.50. The summed E-state index contributed by atoms with van der Waals surface area (Å²) in [6, 6.07) is 1.82. The molecule has 0 saturated heterocycles. The molecule has 1 atom stereocenters. The van der Waals surface area contributed by atoms with Crippen LogP contribution in [0.3, 0.4) is 0 Å². The lowest BCUT2D eigenvalue weighted by molar-refractivity contribution is 0.0802. The average Bonchev–Trinajstić information content (AvgIpc) is 2.53. The van der Waals surface area contributed by atoms with E-state index in [4.69, 9.17) is 10.2 Å². The van der Waals surface area contributed by atoms with Crippen LogP contribution in [-0.2, 0) is 0 Å². The second-order valence-electron chi connectivity index (χ2n) is 3.37. The minimum Gasteiger partial charge on any atom is -0.394 e. The van der Waals surface area contributed by atoms with Gasteiger partial charge in [-0.3, -0.25) is 4.79 Å². The van der Waals surface area contributed by atoms with Crippen LogP contribution in [0.5, 0.6) is 0 Å². The fourth-order valence-corrected chi connectivity index (χ4v) is 2.15. The lowest BCUT2D eigenvalue weighted by atomic mass is 10.2. The molecule has 0 saturated carbocycles. The molecule has 1 amide bonds. The van der Waals surface area contributed by atoms with Crippen LogP contribution in [0.4, 0.5) is 0 Å². The molecule has 1 rings (SSSR count). The van der Waals surface area contributed by atoms with Gasteiger partial charge in [-0.1, -0.05) is 0 Å². The quantitative estimate of drug-likeness (QED) is 0.702. The van der Waals surface area contributed by atoms with E-state index in [1.807, 2.05) is 19.9 Å². The highest BCUT2D eigenvalue weighted by Gasteiger charge is 2.12. The zero-order valence-corrected chi connectivity index (χ0v) is 9.60. The smallest absolute Gasteiger partial charge is 0.252 e. The van der Waals surface area contributed by atoms with Gasteiger partial charge in [-0.25, -0.2) is 0 Å². The number of nitrogens with one attached hydrogen (secondary N) is 1. The second-order valence-corrected chi connectivity index (χ2v) is 4.83. The van der Waals surface area contributed by atoms with Gasteiger partial charge in [0.25, 0.3) is 5.91 Å². The number of rotatable bonds is 4. The van der Waals surface area contributed by atoms with Crippen molar-refractivity contribution in [1.82, 2.24) is 5.32 Å². The van der Waals surface area contributed by atoms with Crippen LogP contribution in [0.2, 0.25) is 0 Å². The van der Waals surface area contributed by atoms with Crippen molar-refractivity contribution >= 4 is 17.2 Å². The molecule has 0 spiro atoms. The van der Waals surface area contributed by atoms with Gasteiger partial charge in [-0.2, -0.15) is 0 Å². The number of hydrogen-bond acceptors (Lipinski definition) is 4. The zero-order chi connectivity index (χ0) is 11.4. The molecule has 3 N–H and O–H groups in total. The summed E-state index contributed by atoms with van der Waals surface area (Å²) in [5.41, 5.74) is 0.641. The van der Waals surface area contributed by atoms with Crippen molar-refractivity contribution in [2.75, 3.05) is 13.2 Å². The summed E-state index contributed by atoms with van der Waals surface area (Å²) in [5, 5.41) is 20.2. The normalized spacial score (nSPS) is 12.5. The molecule has 84 valence electrons. The number of hydrogen-bond donors (Lipinski definition) is 3. The summed E-state index contributed by atoms with van der Waals surface area (Å²) in [4.78, 5) is 13.6. The van der Waals surface area contributed by atoms with Gasteiger partial charge >= 0.3 is 0 Å². The van der Waals surface area contributed by atoms with Gasteiger partial charge in [-0.05, 0) is 19.9 Å². The van der Waals surface area contributed by atoms with Gasteiger partial charge in [0, 0.05) is 16.3 Å². The van der Waals surface area contributed by atoms with E-state index >= 15 is 0 Å². The Labute approximate surface area is 92.6 Å². The Bertz CT molecular complexity index is 348. The number of aliphatic hydroxyl groups excluding tert-OH is 2. The third-order valence-corrected chi connectivity index (χ3v) is 2.96. The highest BCUT2D eigenvalue weighted by atomic mass is 32.1. The molecule has 1 heterocycles. The Morgan fingerprint density at radius 1 is 1.60 bits per heavy atom. The van der Waals surface area contributed by atoms with Crippen molar-refractivity contribution in [3.05, 3.63) is 21.4 Å². The SMILES string of the molecule is Cc1cc(C(=O)NCC(O)CO)c(C)s1. The van der Waals surface area contributed by atoms with Crippen molar-refractivity contribution in [3.63, 3.8) is 0 Å². The molecular formula is C10H15NO3S. The molecule has 0 aliphatic carbocycles. The Balaban J connectivity index is 2.58. The van der Waals surface area contributed by atoms with Crippen LogP contribution < -0.4 is 5.32 Å². The first-order chi connectivity index (χ1) is 7.04. The van der Waals surface area contributed by atoms with Gasteiger partial charge in [0.15, 0.2) is 0 Å². The van der Waals surface area contributed by atoms with Gasteiger partial charge < -0.3 is 15.5 Å². The van der Waals surface area contributed by atoms with Gasteiger partial charge in [0.05, 0.1) is 18.3 Å². The number of thiophene rings is 1. The standard InChI is InChI=1S/C10H15NO3S/c1-6-3-9(7(2)15-6)10(14)11-4-8(13)5-12/h3,8,12-13H,4-5H2,1-2H3,(H,11,14). The summed E-state index contributed by atoms with van der Waals surface area (Å²) in [5.74, 6) is -0.204. The molecule has 1 aromatic rings. The molecule has 0 fully saturated rings. The summed E-state index contributed by atoms with van der Waals surface area (Å²) in [7, 11) is 0. The highest BCUT2D eigenvalue weighted by Crippen LogP contribution is 2.20. The van der Waals surface area contributed by atoms with E-state index in [1.165, 1.54) is 0 Å². The summed E-state index contributed by atoms with van der Waals surface area (Å²) < 4.78 is 0. The maximum atomic E-state index is 11.6. The number of carbonyl (C=O) groups excluding carboxylic acids is 1. The fourth-order valence-electron chi connectivity index (χ4n) is 1.23. The van der Waals surface area contributed by atoms with E-state index in [1.54, 1.807) is 11.3 Å². The maximum Gasteiger partial charge on any atom is 0.252 e. The first kappa shape index (κ1) is 12.2. The Morgan fingerprint density at radius 2 is 2.27 bits per heavy atom. The van der Waals surface area contributed by atoms with Crippen LogP contribution >= 0.6 is 11.3 Å². The molecule has 0 aliphatic rings. The number of aliphatic hydroxyl groups is 2. The monoisotopic (exact) mass is 229 g/mol. The van der Waals surface area contributed by atoms with Gasteiger partial charge in [0.2, 0.25) is 0 Å². The van der Waals surface area contributed by atoms with E-state index in [0.29, 0.717) is 5.56 Å². The summed E-state index contributed by atoms with van der Waals surface area (Å²) in [6.07, 6.45) is -0.894. The van der Waals surface area contributed by atoms with E-state index in [-0.39, 0.29) is 19.1 Å². The number of amides is 1. The van der Waals surface area contributed by atoms with Crippen LogP contribution in [0, 0.1) is 13.8 Å². The van der Waals surface area contributed by atoms with Crippen LogP contribution in [0.25, 0.3) is 0 Å². The van der Waals surface area contributed by atoms with Crippen molar-refractivity contribution in [1.29, 1.82) is 0 Å². The number of carbonyl (C=O) groups is 1. The molecule has 1 aromatic heterocycles. The Hall–Kier alpha value is -0.910. The third kappa shape index (κ3) is 3.30. The third-order valence-electron chi connectivity index (χ3n) is 1.99. The van der Waals surface area contributed by atoms with Crippen molar-refractivity contribution in [3.8, 4) is 0 Å². The predicted molar refractivity (Wildman–Crippen MR) is 59.2 cm³/mol. The van der Waals surface area contributed by atoms with Crippen LogP contribution in [0.15, 0.2) is 6.07 Å². The Morgan fingerprint density at radius 3 is 2.73 bits per heavy atom. The minimum absolute atomic E-state index is 0.0731. The predicted octanol–water partition coefficient (Wildman–Crippen LogP) is 0.448. The van der Waals surface area contributed by atoms with E-state index in [2.05, 4.69) is 5.32 Å². The highest BCUT2D eigenvalue weighted by molar-refractivity contribution is 7.12. The molecule has 0 radical (unpaired) electrons. The van der Waals surface area contributed by atoms with Crippen molar-refractivity contribution in [2.45, 2.75) is 20.0 Å². The molecule has 0 aromatic carbocycles. The maximum absolute atomic E-state index is 11.6. The van der Waals surface area contributed by atoms with Gasteiger partial charge in [0.1, 0.15) is 0 Å². The Kier molecular flexibility index (Phi) is 4.26. The largest absolute Gasteiger partial charge is 0.394 e. The number of aryl methyl sites for hydroxylation is 2. The van der Waals surface area contributed by atoms with E-state index < -0.39 is 6.10 Å². The topological polar surface area (TPSA) is 69.6 Å². The summed E-state index contributed by atoms with van der Waals surface area (Å²) in [6.45, 7) is 3.55. The first-order valence-electron chi connectivity index (χ1n) is 4.68. The lowest BCUT2D eigenvalue weighted by Crippen LogP contribution is -2.33. The molecule has 15 heavy (non-hydrogen) atoms. The molecular weight excluding hydrogens is 214 g/mol.